The average molecular weight is 489 g/mol. The zero-order valence-electron chi connectivity index (χ0n) is 20.0. The summed E-state index contributed by atoms with van der Waals surface area (Å²) in [6, 6.07) is 14.4. The Bertz CT molecular complexity index is 1200. The number of likely N-dealkylation sites (tertiary alicyclic amines) is 1. The normalized spacial score (nSPS) is 25.0. The highest BCUT2D eigenvalue weighted by Crippen LogP contribution is 2.56. The predicted molar refractivity (Wildman–Crippen MR) is 130 cm³/mol. The molecule has 1 saturated heterocycles. The van der Waals surface area contributed by atoms with E-state index in [4.69, 9.17) is 4.74 Å². The molecule has 1 heterocycles. The number of rotatable bonds is 8. The van der Waals surface area contributed by atoms with E-state index in [9.17, 15) is 24.0 Å². The largest absolute Gasteiger partial charge is 0.454 e. The van der Waals surface area contributed by atoms with E-state index < -0.39 is 24.5 Å². The molecule has 0 spiro atoms. The number of nitrogens with zero attached hydrogens (tertiary/aromatic N) is 1. The van der Waals surface area contributed by atoms with Crippen LogP contribution in [0.5, 0.6) is 0 Å². The molecule has 8 heteroatoms. The van der Waals surface area contributed by atoms with E-state index in [1.54, 1.807) is 18.2 Å². The summed E-state index contributed by atoms with van der Waals surface area (Å²) in [6.45, 7) is 0.846. The van der Waals surface area contributed by atoms with Gasteiger partial charge >= 0.3 is 5.97 Å². The van der Waals surface area contributed by atoms with Crippen LogP contribution < -0.4 is 5.32 Å². The van der Waals surface area contributed by atoms with E-state index in [1.165, 1.54) is 13.0 Å². The van der Waals surface area contributed by atoms with Gasteiger partial charge in [-0.25, -0.2) is 4.79 Å². The number of amides is 3. The third-order valence-electron chi connectivity index (χ3n) is 7.72. The molecule has 36 heavy (non-hydrogen) atoms. The van der Waals surface area contributed by atoms with Crippen LogP contribution in [0.25, 0.3) is 0 Å². The van der Waals surface area contributed by atoms with Gasteiger partial charge in [0.1, 0.15) is 6.04 Å². The van der Waals surface area contributed by atoms with Crippen molar-refractivity contribution >= 4 is 35.2 Å². The van der Waals surface area contributed by atoms with Crippen molar-refractivity contribution in [3.63, 3.8) is 0 Å². The van der Waals surface area contributed by atoms with Crippen LogP contribution in [0.1, 0.15) is 42.1 Å². The molecule has 2 aromatic rings. The van der Waals surface area contributed by atoms with Gasteiger partial charge in [-0.1, -0.05) is 42.5 Å². The zero-order valence-corrected chi connectivity index (χ0v) is 20.0. The van der Waals surface area contributed by atoms with E-state index in [0.29, 0.717) is 11.3 Å². The molecule has 3 amide bonds. The van der Waals surface area contributed by atoms with Crippen molar-refractivity contribution in [3.8, 4) is 0 Å². The van der Waals surface area contributed by atoms with Crippen molar-refractivity contribution in [2.45, 2.75) is 38.6 Å². The Morgan fingerprint density at radius 3 is 2.28 bits per heavy atom. The molecule has 2 bridgehead atoms. The molecule has 0 aromatic heterocycles. The van der Waals surface area contributed by atoms with Gasteiger partial charge in [0.25, 0.3) is 5.91 Å². The number of anilines is 1. The van der Waals surface area contributed by atoms with E-state index in [-0.39, 0.29) is 47.7 Å². The zero-order chi connectivity index (χ0) is 25.4. The lowest BCUT2D eigenvalue weighted by molar-refractivity contribution is -0.160. The predicted octanol–water partition coefficient (Wildman–Crippen LogP) is 3.01. The summed E-state index contributed by atoms with van der Waals surface area (Å²) in [5.74, 6) is -2.39. The molecule has 3 aliphatic rings. The monoisotopic (exact) mass is 488 g/mol. The second-order valence-corrected chi connectivity index (χ2v) is 9.93. The van der Waals surface area contributed by atoms with Crippen LogP contribution in [0.2, 0.25) is 0 Å². The van der Waals surface area contributed by atoms with Crippen molar-refractivity contribution < 1.29 is 28.7 Å². The number of ether oxygens (including phenoxy) is 1. The third-order valence-corrected chi connectivity index (χ3v) is 7.72. The van der Waals surface area contributed by atoms with E-state index in [0.717, 1.165) is 29.7 Å². The van der Waals surface area contributed by atoms with Gasteiger partial charge in [-0.3, -0.25) is 24.1 Å². The van der Waals surface area contributed by atoms with Crippen LogP contribution in [-0.2, 0) is 30.3 Å². The Morgan fingerprint density at radius 1 is 0.972 bits per heavy atom. The van der Waals surface area contributed by atoms with Crippen molar-refractivity contribution in [1.29, 1.82) is 0 Å². The molecule has 2 aliphatic carbocycles. The standard InChI is InChI=1S/C28H28N2O6/c1-16(31)18-8-5-9-21(14-18)29-23(32)15-36-28(35)22(12-17-6-3-2-4-7-17)30-26(33)24-19-10-11-20(13-19)25(24)27(30)34/h2-9,14,19-20,22,24-25H,10-13,15H2,1H3,(H,29,32)/t19-,20-,22-,24+,25+/m0/s1. The minimum Gasteiger partial charge on any atom is -0.454 e. The number of hydrogen-bond acceptors (Lipinski definition) is 6. The molecule has 2 saturated carbocycles. The summed E-state index contributed by atoms with van der Waals surface area (Å²) in [5, 5.41) is 2.60. The number of ketones is 1. The molecule has 8 nitrogen and oxygen atoms in total. The second-order valence-electron chi connectivity index (χ2n) is 9.93. The second kappa shape index (κ2) is 9.68. The van der Waals surface area contributed by atoms with Gasteiger partial charge in [0, 0.05) is 17.7 Å². The first-order chi connectivity index (χ1) is 17.3. The van der Waals surface area contributed by atoms with Gasteiger partial charge in [0.15, 0.2) is 12.4 Å². The fourth-order valence-electron chi connectivity index (χ4n) is 6.10. The minimum atomic E-state index is -1.13. The lowest BCUT2D eigenvalue weighted by atomic mass is 9.81. The summed E-state index contributed by atoms with van der Waals surface area (Å²) in [4.78, 5) is 65.1. The van der Waals surface area contributed by atoms with E-state index >= 15 is 0 Å². The highest BCUT2D eigenvalue weighted by Gasteiger charge is 2.62. The number of esters is 1. The smallest absolute Gasteiger partial charge is 0.330 e. The van der Waals surface area contributed by atoms with E-state index in [2.05, 4.69) is 5.32 Å². The summed E-state index contributed by atoms with van der Waals surface area (Å²) in [6.07, 6.45) is 2.91. The Kier molecular flexibility index (Phi) is 6.43. The summed E-state index contributed by atoms with van der Waals surface area (Å²) >= 11 is 0. The Balaban J connectivity index is 1.30. The molecule has 5 rings (SSSR count). The molecule has 186 valence electrons. The fraction of sp³-hybridized carbons (Fsp3) is 0.393. The quantitative estimate of drug-likeness (QED) is 0.348. The van der Waals surface area contributed by atoms with Crippen LogP contribution >= 0.6 is 0 Å². The number of benzene rings is 2. The first-order valence-electron chi connectivity index (χ1n) is 12.3. The molecule has 3 fully saturated rings. The lowest BCUT2D eigenvalue weighted by Gasteiger charge is -2.26. The van der Waals surface area contributed by atoms with Crippen LogP contribution in [0, 0.1) is 23.7 Å². The van der Waals surface area contributed by atoms with Gasteiger partial charge < -0.3 is 10.1 Å². The highest BCUT2D eigenvalue weighted by atomic mass is 16.5. The van der Waals surface area contributed by atoms with E-state index in [1.807, 2.05) is 30.3 Å². The molecule has 0 radical (unpaired) electrons. The number of carbonyl (C=O) groups excluding carboxylic acids is 5. The number of imide groups is 1. The minimum absolute atomic E-state index is 0.119. The van der Waals surface area contributed by atoms with Crippen LogP contribution in [0.4, 0.5) is 5.69 Å². The first kappa shape index (κ1) is 23.9. The number of Topliss-reactive ketones (excluding diaryl/α,β-unsaturated/α-hetero) is 1. The molecular formula is C28H28N2O6. The Morgan fingerprint density at radius 2 is 1.64 bits per heavy atom. The van der Waals surface area contributed by atoms with Gasteiger partial charge in [-0.05, 0) is 55.7 Å². The highest BCUT2D eigenvalue weighted by molar-refractivity contribution is 6.09. The average Bonchev–Trinajstić information content (AvgIpc) is 3.56. The van der Waals surface area contributed by atoms with Crippen molar-refractivity contribution in [3.05, 3.63) is 65.7 Å². The van der Waals surface area contributed by atoms with Gasteiger partial charge in [0.05, 0.1) is 11.8 Å². The molecule has 0 unspecified atom stereocenters. The number of carbonyl (C=O) groups is 5. The summed E-state index contributed by atoms with van der Waals surface area (Å²) < 4.78 is 5.32. The molecule has 5 atom stereocenters. The maximum atomic E-state index is 13.4. The van der Waals surface area contributed by atoms with Crippen LogP contribution in [0.15, 0.2) is 54.6 Å². The number of hydrogen-bond donors (Lipinski definition) is 1. The third kappa shape index (κ3) is 4.43. The summed E-state index contributed by atoms with van der Waals surface area (Å²) in [5.41, 5.74) is 1.63. The van der Waals surface area contributed by atoms with Gasteiger partial charge in [0.2, 0.25) is 11.8 Å². The number of fused-ring (bicyclic) bond motifs is 5. The topological polar surface area (TPSA) is 110 Å². The Labute approximate surface area is 209 Å². The SMILES string of the molecule is CC(=O)c1cccc(NC(=O)COC(=O)[C@H](Cc2ccccc2)N2C(=O)[C@@H]3[C@H]4CC[C@@H](C4)[C@H]3C2=O)c1. The maximum absolute atomic E-state index is 13.4. The van der Waals surface area contributed by atoms with Gasteiger partial charge in [-0.2, -0.15) is 0 Å². The van der Waals surface area contributed by atoms with Crippen molar-refractivity contribution in [2.24, 2.45) is 23.7 Å². The lowest BCUT2D eigenvalue weighted by Crippen LogP contribution is -2.48. The van der Waals surface area contributed by atoms with Crippen LogP contribution in [-0.4, -0.2) is 47.0 Å². The molecular weight excluding hydrogens is 460 g/mol. The van der Waals surface area contributed by atoms with Gasteiger partial charge in [-0.15, -0.1) is 0 Å². The van der Waals surface area contributed by atoms with Crippen molar-refractivity contribution in [1.82, 2.24) is 4.90 Å². The summed E-state index contributed by atoms with van der Waals surface area (Å²) in [7, 11) is 0. The molecule has 1 N–H and O–H groups in total. The van der Waals surface area contributed by atoms with Crippen molar-refractivity contribution in [2.75, 3.05) is 11.9 Å². The maximum Gasteiger partial charge on any atom is 0.330 e. The first-order valence-corrected chi connectivity index (χ1v) is 12.3. The van der Waals surface area contributed by atoms with Crippen LogP contribution in [0.3, 0.4) is 0 Å². The number of nitrogens with one attached hydrogen (secondary N) is 1. The Hall–Kier alpha value is -3.81. The molecule has 1 aliphatic heterocycles. The molecule has 2 aromatic carbocycles. The fourth-order valence-corrected chi connectivity index (χ4v) is 6.10.